The number of hydrogen-bond acceptors (Lipinski definition) is 9. The third-order valence-electron chi connectivity index (χ3n) is 9.69. The number of amides is 4. The lowest BCUT2D eigenvalue weighted by atomic mass is 9.99. The summed E-state index contributed by atoms with van der Waals surface area (Å²) < 4.78 is 3.26. The molecule has 0 bridgehead atoms. The highest BCUT2D eigenvalue weighted by Gasteiger charge is 2.33. The predicted molar refractivity (Wildman–Crippen MR) is 203 cm³/mol. The molecule has 0 saturated carbocycles. The summed E-state index contributed by atoms with van der Waals surface area (Å²) in [5.41, 5.74) is 3.78. The van der Waals surface area contributed by atoms with Crippen LogP contribution in [-0.2, 0) is 14.4 Å². The molecule has 3 aromatic heterocycles. The molecule has 5 heterocycles. The van der Waals surface area contributed by atoms with E-state index in [1.165, 1.54) is 27.8 Å². The molecule has 13 nitrogen and oxygen atoms in total. The standard InChI is InChI=1S/C38H43ClN8O5S/c1-22-23(2)53-38-33(22)34(25-10-13-27(39)14-11-25)42-28(35-45-44-24(3)47(35)38)20-31(49)40-18-8-6-4-5-7-9-19-41-36(51)26-12-17-32(50)46(21-26)29-15-16-30(48)43-37(29)52/h10-14,17,21,28-29H,4-9,15-16,18-20H2,1-3H3,(H,40,49)(H,41,51)(H,43,48,52)/t28-,29?/m0/s1. The minimum atomic E-state index is -0.817. The highest BCUT2D eigenvalue weighted by molar-refractivity contribution is 7.15. The molecule has 1 saturated heterocycles. The summed E-state index contributed by atoms with van der Waals surface area (Å²) in [4.78, 5) is 68.4. The summed E-state index contributed by atoms with van der Waals surface area (Å²) in [7, 11) is 0. The van der Waals surface area contributed by atoms with Gasteiger partial charge in [0.2, 0.25) is 17.7 Å². The Morgan fingerprint density at radius 1 is 0.925 bits per heavy atom. The highest BCUT2D eigenvalue weighted by atomic mass is 35.5. The average molecular weight is 759 g/mol. The van der Waals surface area contributed by atoms with Gasteiger partial charge in [-0.3, -0.25) is 38.8 Å². The smallest absolute Gasteiger partial charge is 0.252 e. The first kappa shape index (κ1) is 37.8. The fraction of sp³-hybridized carbons (Fsp3) is 0.421. The van der Waals surface area contributed by atoms with Gasteiger partial charge >= 0.3 is 0 Å². The summed E-state index contributed by atoms with van der Waals surface area (Å²) in [5.74, 6) is 0.0687. The number of piperidine rings is 1. The first-order valence-corrected chi connectivity index (χ1v) is 19.2. The van der Waals surface area contributed by atoms with Crippen LogP contribution in [-0.4, -0.2) is 61.8 Å². The molecule has 278 valence electrons. The molecular formula is C38H43ClN8O5S. The number of carbonyl (C=O) groups is 4. The molecule has 4 amide bonds. The van der Waals surface area contributed by atoms with E-state index in [9.17, 15) is 24.0 Å². The van der Waals surface area contributed by atoms with E-state index in [0.29, 0.717) is 23.9 Å². The monoisotopic (exact) mass is 758 g/mol. The number of aryl methyl sites for hydroxylation is 2. The van der Waals surface area contributed by atoms with Gasteiger partial charge < -0.3 is 15.2 Å². The van der Waals surface area contributed by atoms with Gasteiger partial charge in [0, 0.05) is 52.8 Å². The molecule has 53 heavy (non-hydrogen) atoms. The summed E-state index contributed by atoms with van der Waals surface area (Å²) in [6.07, 6.45) is 7.41. The lowest BCUT2D eigenvalue weighted by molar-refractivity contribution is -0.135. The van der Waals surface area contributed by atoms with E-state index in [4.69, 9.17) is 16.6 Å². The van der Waals surface area contributed by atoms with Gasteiger partial charge in [0.05, 0.1) is 17.7 Å². The number of nitrogens with one attached hydrogen (secondary N) is 3. The van der Waals surface area contributed by atoms with E-state index in [2.05, 4.69) is 40.0 Å². The lowest BCUT2D eigenvalue weighted by Gasteiger charge is -2.23. The van der Waals surface area contributed by atoms with Gasteiger partial charge in [-0.15, -0.1) is 21.5 Å². The maximum absolute atomic E-state index is 13.2. The zero-order chi connectivity index (χ0) is 37.6. The number of unbranched alkanes of at least 4 members (excludes halogenated alkanes) is 5. The Balaban J connectivity index is 0.938. The molecule has 2 aliphatic heterocycles. The molecular weight excluding hydrogens is 716 g/mol. The molecule has 0 aliphatic carbocycles. The Morgan fingerprint density at radius 2 is 1.62 bits per heavy atom. The normalized spacial score (nSPS) is 16.6. The predicted octanol–water partition coefficient (Wildman–Crippen LogP) is 5.22. The first-order valence-electron chi connectivity index (χ1n) is 18.0. The van der Waals surface area contributed by atoms with Gasteiger partial charge in [-0.25, -0.2) is 0 Å². The third-order valence-corrected chi connectivity index (χ3v) is 11.1. The van der Waals surface area contributed by atoms with Crippen molar-refractivity contribution in [2.24, 2.45) is 4.99 Å². The maximum atomic E-state index is 13.2. The zero-order valence-electron chi connectivity index (χ0n) is 30.0. The van der Waals surface area contributed by atoms with Crippen molar-refractivity contribution in [3.05, 3.63) is 96.8 Å². The van der Waals surface area contributed by atoms with Gasteiger partial charge in [-0.05, 0) is 63.8 Å². The number of aliphatic imine (C=N–C) groups is 1. The van der Waals surface area contributed by atoms with Gasteiger partial charge in [0.1, 0.15) is 22.9 Å². The largest absolute Gasteiger partial charge is 0.356 e. The second kappa shape index (κ2) is 16.8. The maximum Gasteiger partial charge on any atom is 0.252 e. The van der Waals surface area contributed by atoms with Crippen molar-refractivity contribution in [2.75, 3.05) is 13.1 Å². The zero-order valence-corrected chi connectivity index (χ0v) is 31.6. The molecule has 15 heteroatoms. The van der Waals surface area contributed by atoms with Crippen LogP contribution in [0.1, 0.15) is 113 Å². The van der Waals surface area contributed by atoms with E-state index in [-0.39, 0.29) is 42.5 Å². The van der Waals surface area contributed by atoms with Crippen molar-refractivity contribution in [3.8, 4) is 5.00 Å². The van der Waals surface area contributed by atoms with Crippen LogP contribution in [0, 0.1) is 20.8 Å². The van der Waals surface area contributed by atoms with Crippen LogP contribution in [0.2, 0.25) is 5.02 Å². The number of thiophene rings is 1. The Morgan fingerprint density at radius 3 is 2.34 bits per heavy atom. The summed E-state index contributed by atoms with van der Waals surface area (Å²) in [6.45, 7) is 7.16. The molecule has 1 aromatic carbocycles. The van der Waals surface area contributed by atoms with E-state index in [0.717, 1.165) is 71.8 Å². The number of hydrogen-bond donors (Lipinski definition) is 3. The quantitative estimate of drug-likeness (QED) is 0.117. The van der Waals surface area contributed by atoms with E-state index >= 15 is 0 Å². The number of benzene rings is 1. The van der Waals surface area contributed by atoms with Crippen molar-refractivity contribution in [1.29, 1.82) is 0 Å². The second-order valence-corrected chi connectivity index (χ2v) is 15.1. The number of imide groups is 1. The van der Waals surface area contributed by atoms with Crippen LogP contribution in [0.4, 0.5) is 0 Å². The van der Waals surface area contributed by atoms with Crippen LogP contribution < -0.4 is 21.5 Å². The number of aromatic nitrogens is 4. The lowest BCUT2D eigenvalue weighted by Crippen LogP contribution is -2.44. The Kier molecular flexibility index (Phi) is 12.0. The SMILES string of the molecule is Cc1sc2c(c1C)C(c1ccc(Cl)cc1)=N[C@@H](CC(=O)NCCCCCCCCNC(=O)c1ccc(=O)n(C3CCC(=O)NC3=O)c1)c1nnc(C)n1-2. The molecule has 1 unspecified atom stereocenters. The Hall–Kier alpha value is -4.95. The minimum absolute atomic E-state index is 0.0946. The summed E-state index contributed by atoms with van der Waals surface area (Å²) in [6, 6.07) is 8.99. The van der Waals surface area contributed by atoms with Gasteiger partial charge in [0.15, 0.2) is 5.82 Å². The molecule has 4 aromatic rings. The fourth-order valence-corrected chi connectivity index (χ4v) is 8.04. The molecule has 0 radical (unpaired) electrons. The van der Waals surface area contributed by atoms with E-state index in [1.54, 1.807) is 11.3 Å². The Labute approximate surface area is 316 Å². The molecule has 2 aliphatic rings. The van der Waals surface area contributed by atoms with Crippen molar-refractivity contribution in [1.82, 2.24) is 35.3 Å². The van der Waals surface area contributed by atoms with Crippen molar-refractivity contribution < 1.29 is 19.2 Å². The third kappa shape index (κ3) is 8.65. The number of nitrogens with zero attached hydrogens (tertiary/aromatic N) is 5. The fourth-order valence-electron chi connectivity index (χ4n) is 6.70. The van der Waals surface area contributed by atoms with Gasteiger partial charge in [-0.1, -0.05) is 49.4 Å². The molecule has 1 fully saturated rings. The van der Waals surface area contributed by atoms with Crippen LogP contribution in [0.5, 0.6) is 0 Å². The number of rotatable bonds is 14. The molecule has 2 atom stereocenters. The van der Waals surface area contributed by atoms with Crippen molar-refractivity contribution >= 4 is 52.3 Å². The van der Waals surface area contributed by atoms with Crippen molar-refractivity contribution in [2.45, 2.75) is 90.6 Å². The van der Waals surface area contributed by atoms with Crippen LogP contribution >= 0.6 is 22.9 Å². The number of halogens is 1. The molecule has 0 spiro atoms. The average Bonchev–Trinajstić information content (AvgIpc) is 3.61. The molecule has 6 rings (SSSR count). The van der Waals surface area contributed by atoms with Crippen molar-refractivity contribution in [3.63, 3.8) is 0 Å². The number of pyridine rings is 1. The number of fused-ring (bicyclic) bond motifs is 3. The van der Waals surface area contributed by atoms with Gasteiger partial charge in [-0.2, -0.15) is 0 Å². The molecule has 3 N–H and O–H groups in total. The van der Waals surface area contributed by atoms with E-state index in [1.807, 2.05) is 35.8 Å². The first-order chi connectivity index (χ1) is 25.5. The van der Waals surface area contributed by atoms with Crippen LogP contribution in [0.25, 0.3) is 5.00 Å². The summed E-state index contributed by atoms with van der Waals surface area (Å²) in [5, 5.41) is 18.7. The van der Waals surface area contributed by atoms with Crippen LogP contribution in [0.3, 0.4) is 0 Å². The van der Waals surface area contributed by atoms with Crippen LogP contribution in [0.15, 0.2) is 52.4 Å². The topological polar surface area (TPSA) is 169 Å². The minimum Gasteiger partial charge on any atom is -0.356 e. The Bertz CT molecular complexity index is 2120. The number of carbonyl (C=O) groups excluding carboxylic acids is 4. The van der Waals surface area contributed by atoms with E-state index < -0.39 is 23.6 Å². The second-order valence-electron chi connectivity index (χ2n) is 13.5. The van der Waals surface area contributed by atoms with Gasteiger partial charge in [0.25, 0.3) is 11.5 Å². The summed E-state index contributed by atoms with van der Waals surface area (Å²) >= 11 is 7.89. The highest BCUT2D eigenvalue weighted by Crippen LogP contribution is 2.39.